The lowest BCUT2D eigenvalue weighted by molar-refractivity contribution is 0.201. The quantitative estimate of drug-likeness (QED) is 0.509. The van der Waals surface area contributed by atoms with E-state index in [4.69, 9.17) is 9.84 Å². The number of aliphatic hydroxyl groups is 1. The van der Waals surface area contributed by atoms with Gasteiger partial charge in [-0.05, 0) is 12.1 Å². The summed E-state index contributed by atoms with van der Waals surface area (Å²) in [5, 5.41) is 15.8. The Morgan fingerprint density at radius 2 is 1.92 bits per heavy atom. The van der Waals surface area contributed by atoms with E-state index < -0.39 is 0 Å². The number of hydrazone groups is 1. The minimum atomic E-state index is -0.0227. The normalized spacial score (nSPS) is 10.9. The van der Waals surface area contributed by atoms with Crippen LogP contribution < -0.4 is 10.2 Å². The Bertz CT molecular complexity index is 803. The second-order valence-corrected chi connectivity index (χ2v) is 5.74. The minimum Gasteiger partial charge on any atom is -0.491 e. The van der Waals surface area contributed by atoms with Crippen molar-refractivity contribution < 1.29 is 9.84 Å². The molecule has 1 heterocycles. The van der Waals surface area contributed by atoms with Gasteiger partial charge in [0.25, 0.3) is 0 Å². The fourth-order valence-electron chi connectivity index (χ4n) is 2.10. The van der Waals surface area contributed by atoms with Gasteiger partial charge in [-0.25, -0.2) is 4.98 Å². The third-order valence-corrected chi connectivity index (χ3v) is 3.95. The van der Waals surface area contributed by atoms with Gasteiger partial charge in [0.1, 0.15) is 12.4 Å². The highest BCUT2D eigenvalue weighted by Gasteiger charge is 2.03. The molecule has 0 fully saturated rings. The van der Waals surface area contributed by atoms with Crippen molar-refractivity contribution in [1.29, 1.82) is 0 Å². The van der Waals surface area contributed by atoms with Crippen molar-refractivity contribution in [3.05, 3.63) is 65.5 Å². The van der Waals surface area contributed by atoms with Crippen LogP contribution in [0, 0.1) is 0 Å². The highest BCUT2D eigenvalue weighted by molar-refractivity contribution is 7.14. The summed E-state index contributed by atoms with van der Waals surface area (Å²) in [5.41, 5.74) is 5.77. The van der Waals surface area contributed by atoms with Crippen LogP contribution in [-0.2, 0) is 0 Å². The van der Waals surface area contributed by atoms with Crippen molar-refractivity contribution >= 4 is 22.7 Å². The first-order chi connectivity index (χ1) is 11.9. The lowest BCUT2D eigenvalue weighted by Crippen LogP contribution is -2.03. The smallest absolute Gasteiger partial charge is 0.203 e. The van der Waals surface area contributed by atoms with Crippen LogP contribution >= 0.6 is 11.3 Å². The molecule has 24 heavy (non-hydrogen) atoms. The van der Waals surface area contributed by atoms with Crippen molar-refractivity contribution in [3.8, 4) is 17.0 Å². The molecule has 0 atom stereocenters. The number of rotatable bonds is 7. The number of hydrogen-bond donors (Lipinski definition) is 2. The number of para-hydroxylation sites is 1. The van der Waals surface area contributed by atoms with Crippen LogP contribution in [0.25, 0.3) is 11.3 Å². The van der Waals surface area contributed by atoms with Gasteiger partial charge in [0.2, 0.25) is 5.13 Å². The molecule has 6 heteroatoms. The van der Waals surface area contributed by atoms with Crippen molar-refractivity contribution in [1.82, 2.24) is 4.98 Å². The molecule has 5 nitrogen and oxygen atoms in total. The average Bonchev–Trinajstić information content (AvgIpc) is 3.10. The summed E-state index contributed by atoms with van der Waals surface area (Å²) in [4.78, 5) is 4.51. The van der Waals surface area contributed by atoms with E-state index in [1.54, 1.807) is 6.21 Å². The third kappa shape index (κ3) is 4.18. The van der Waals surface area contributed by atoms with E-state index >= 15 is 0 Å². The molecule has 3 aromatic rings. The lowest BCUT2D eigenvalue weighted by Gasteiger charge is -2.06. The van der Waals surface area contributed by atoms with Crippen LogP contribution in [-0.4, -0.2) is 29.5 Å². The summed E-state index contributed by atoms with van der Waals surface area (Å²) in [6.45, 7) is 0.232. The molecule has 0 aliphatic carbocycles. The zero-order valence-corrected chi connectivity index (χ0v) is 13.7. The summed E-state index contributed by atoms with van der Waals surface area (Å²) < 4.78 is 5.47. The van der Waals surface area contributed by atoms with Crippen LogP contribution in [0.4, 0.5) is 5.13 Å². The molecule has 0 saturated heterocycles. The monoisotopic (exact) mass is 339 g/mol. The predicted molar refractivity (Wildman–Crippen MR) is 97.8 cm³/mol. The molecule has 122 valence electrons. The van der Waals surface area contributed by atoms with Crippen molar-refractivity contribution in [2.24, 2.45) is 5.10 Å². The number of anilines is 1. The Labute approximate surface area is 144 Å². The summed E-state index contributed by atoms with van der Waals surface area (Å²) in [7, 11) is 0. The first kappa shape index (κ1) is 16.2. The van der Waals surface area contributed by atoms with E-state index in [0.717, 1.165) is 22.0 Å². The fourth-order valence-corrected chi connectivity index (χ4v) is 2.77. The molecule has 1 aromatic heterocycles. The van der Waals surface area contributed by atoms with Crippen LogP contribution in [0.15, 0.2) is 65.1 Å². The van der Waals surface area contributed by atoms with Gasteiger partial charge >= 0.3 is 0 Å². The third-order valence-electron chi connectivity index (χ3n) is 3.21. The molecule has 0 aliphatic heterocycles. The molecule has 0 saturated carbocycles. The largest absolute Gasteiger partial charge is 0.491 e. The Hall–Kier alpha value is -2.70. The maximum atomic E-state index is 8.86. The van der Waals surface area contributed by atoms with Gasteiger partial charge in [0, 0.05) is 16.5 Å². The Morgan fingerprint density at radius 3 is 2.75 bits per heavy atom. The summed E-state index contributed by atoms with van der Waals surface area (Å²) >= 11 is 1.50. The van der Waals surface area contributed by atoms with Crippen molar-refractivity contribution in [2.45, 2.75) is 0 Å². The van der Waals surface area contributed by atoms with Crippen LogP contribution in [0.5, 0.6) is 5.75 Å². The molecule has 0 spiro atoms. The van der Waals surface area contributed by atoms with Crippen LogP contribution in [0.3, 0.4) is 0 Å². The van der Waals surface area contributed by atoms with E-state index in [2.05, 4.69) is 15.5 Å². The molecule has 0 aliphatic rings. The van der Waals surface area contributed by atoms with Gasteiger partial charge in [-0.1, -0.05) is 42.5 Å². The number of aromatic nitrogens is 1. The van der Waals surface area contributed by atoms with Gasteiger partial charge in [-0.3, -0.25) is 5.43 Å². The highest BCUT2D eigenvalue weighted by Crippen LogP contribution is 2.24. The summed E-state index contributed by atoms with van der Waals surface area (Å²) in [6, 6.07) is 17.5. The van der Waals surface area contributed by atoms with Gasteiger partial charge in [-0.2, -0.15) is 5.10 Å². The molecular formula is C18H17N3O2S. The Morgan fingerprint density at radius 1 is 1.12 bits per heavy atom. The molecule has 0 amide bonds. The van der Waals surface area contributed by atoms with Gasteiger partial charge in [0.15, 0.2) is 0 Å². The van der Waals surface area contributed by atoms with Gasteiger partial charge in [0.05, 0.1) is 18.5 Å². The number of ether oxygens (including phenoxy) is 1. The van der Waals surface area contributed by atoms with E-state index in [1.807, 2.05) is 60.0 Å². The number of benzene rings is 2. The fraction of sp³-hybridized carbons (Fsp3) is 0.111. The van der Waals surface area contributed by atoms with E-state index in [0.29, 0.717) is 5.75 Å². The maximum absolute atomic E-state index is 8.86. The first-order valence-electron chi connectivity index (χ1n) is 7.49. The average molecular weight is 339 g/mol. The second kappa shape index (κ2) is 8.24. The number of nitrogens with zero attached hydrogens (tertiary/aromatic N) is 2. The van der Waals surface area contributed by atoms with Crippen LogP contribution in [0.1, 0.15) is 5.56 Å². The number of nitrogens with one attached hydrogen (secondary N) is 1. The maximum Gasteiger partial charge on any atom is 0.203 e. The molecule has 2 aromatic carbocycles. The second-order valence-electron chi connectivity index (χ2n) is 4.88. The summed E-state index contributed by atoms with van der Waals surface area (Å²) in [5.74, 6) is 0.682. The standard InChI is InChI=1S/C18H17N3O2S/c22-10-11-23-17-9-5-4-8-15(17)12-19-21-18-20-16(13-24-18)14-6-2-1-3-7-14/h1-9,12-13,22H,10-11H2,(H,20,21). The first-order valence-corrected chi connectivity index (χ1v) is 8.37. The minimum absolute atomic E-state index is 0.0227. The van der Waals surface area contributed by atoms with Crippen LogP contribution in [0.2, 0.25) is 0 Å². The SMILES string of the molecule is OCCOc1ccccc1C=NNc1nc(-c2ccccc2)cs1. The highest BCUT2D eigenvalue weighted by atomic mass is 32.1. The molecule has 0 unspecified atom stereocenters. The van der Waals surface area contributed by atoms with Gasteiger partial charge in [-0.15, -0.1) is 11.3 Å². The zero-order chi connectivity index (χ0) is 16.6. The topological polar surface area (TPSA) is 66.7 Å². The van der Waals surface area contributed by atoms with Gasteiger partial charge < -0.3 is 9.84 Å². The molecule has 2 N–H and O–H groups in total. The van der Waals surface area contributed by atoms with E-state index in [9.17, 15) is 0 Å². The van der Waals surface area contributed by atoms with Crippen molar-refractivity contribution in [2.75, 3.05) is 18.6 Å². The van der Waals surface area contributed by atoms with E-state index in [-0.39, 0.29) is 13.2 Å². The Kier molecular flexibility index (Phi) is 5.55. The molecule has 3 rings (SSSR count). The lowest BCUT2D eigenvalue weighted by atomic mass is 10.2. The molecular weight excluding hydrogens is 322 g/mol. The zero-order valence-electron chi connectivity index (χ0n) is 12.9. The number of thiazole rings is 1. The predicted octanol–water partition coefficient (Wildman–Crippen LogP) is 3.63. The van der Waals surface area contributed by atoms with E-state index in [1.165, 1.54) is 11.3 Å². The summed E-state index contributed by atoms with van der Waals surface area (Å²) in [6.07, 6.45) is 1.68. The number of hydrogen-bond acceptors (Lipinski definition) is 6. The number of aliphatic hydroxyl groups excluding tert-OH is 1. The molecule has 0 bridgehead atoms. The van der Waals surface area contributed by atoms with Crippen molar-refractivity contribution in [3.63, 3.8) is 0 Å². The Balaban J connectivity index is 1.66. The molecule has 0 radical (unpaired) electrons.